The number of carbonyl (C=O) groups is 1. The van der Waals surface area contributed by atoms with E-state index < -0.39 is 0 Å². The van der Waals surface area contributed by atoms with Crippen LogP contribution >= 0.6 is 11.6 Å². The SMILES string of the molecule is Cc1cccc(Cn2cc(NC(=O)c3ccnn3COc3ccccc3Cl)cn2)c1. The lowest BCUT2D eigenvalue weighted by Gasteiger charge is -2.10. The molecule has 2 aromatic carbocycles. The molecule has 152 valence electrons. The molecular formula is C22H20ClN5O2. The van der Waals surface area contributed by atoms with Gasteiger partial charge in [0, 0.05) is 12.4 Å². The molecule has 0 unspecified atom stereocenters. The highest BCUT2D eigenvalue weighted by atomic mass is 35.5. The zero-order valence-corrected chi connectivity index (χ0v) is 17.1. The predicted octanol–water partition coefficient (Wildman–Crippen LogP) is 4.38. The van der Waals surface area contributed by atoms with Crippen molar-refractivity contribution in [3.8, 4) is 5.75 Å². The first kappa shape index (κ1) is 19.7. The Hall–Kier alpha value is -3.58. The number of carbonyl (C=O) groups excluding carboxylic acids is 1. The zero-order chi connectivity index (χ0) is 20.9. The van der Waals surface area contributed by atoms with Crippen molar-refractivity contribution in [1.29, 1.82) is 0 Å². The van der Waals surface area contributed by atoms with Crippen molar-refractivity contribution in [3.05, 3.63) is 95.0 Å². The topological polar surface area (TPSA) is 74.0 Å². The second kappa shape index (κ2) is 8.84. The first-order valence-electron chi connectivity index (χ1n) is 9.37. The molecule has 1 amide bonds. The van der Waals surface area contributed by atoms with Gasteiger partial charge in [0.1, 0.15) is 11.4 Å². The summed E-state index contributed by atoms with van der Waals surface area (Å²) in [7, 11) is 0. The molecule has 0 aliphatic rings. The van der Waals surface area contributed by atoms with Crippen LogP contribution in [0, 0.1) is 6.92 Å². The van der Waals surface area contributed by atoms with Gasteiger partial charge in [0.15, 0.2) is 6.73 Å². The molecule has 0 bridgehead atoms. The summed E-state index contributed by atoms with van der Waals surface area (Å²) in [6.45, 7) is 2.74. The molecule has 2 aromatic heterocycles. The lowest BCUT2D eigenvalue weighted by atomic mass is 10.1. The maximum absolute atomic E-state index is 12.7. The Bertz CT molecular complexity index is 1170. The van der Waals surface area contributed by atoms with Crippen molar-refractivity contribution < 1.29 is 9.53 Å². The van der Waals surface area contributed by atoms with E-state index in [4.69, 9.17) is 16.3 Å². The Kier molecular flexibility index (Phi) is 5.81. The van der Waals surface area contributed by atoms with Crippen molar-refractivity contribution in [2.75, 3.05) is 5.32 Å². The second-order valence-electron chi connectivity index (χ2n) is 6.79. The molecule has 0 spiro atoms. The number of rotatable bonds is 7. The molecule has 4 rings (SSSR count). The minimum atomic E-state index is -0.301. The molecule has 1 N–H and O–H groups in total. The van der Waals surface area contributed by atoms with Gasteiger partial charge in [-0.15, -0.1) is 0 Å². The van der Waals surface area contributed by atoms with Gasteiger partial charge >= 0.3 is 0 Å². The number of hydrogen-bond acceptors (Lipinski definition) is 4. The average molecular weight is 422 g/mol. The number of ether oxygens (including phenoxy) is 1. The van der Waals surface area contributed by atoms with Crippen LogP contribution in [0.4, 0.5) is 5.69 Å². The molecular weight excluding hydrogens is 402 g/mol. The molecule has 0 aliphatic carbocycles. The lowest BCUT2D eigenvalue weighted by Crippen LogP contribution is -2.19. The van der Waals surface area contributed by atoms with Gasteiger partial charge < -0.3 is 10.1 Å². The van der Waals surface area contributed by atoms with Crippen molar-refractivity contribution in [1.82, 2.24) is 19.6 Å². The third-order valence-corrected chi connectivity index (χ3v) is 4.76. The summed E-state index contributed by atoms with van der Waals surface area (Å²) in [5.41, 5.74) is 3.31. The van der Waals surface area contributed by atoms with E-state index in [1.54, 1.807) is 41.5 Å². The zero-order valence-electron chi connectivity index (χ0n) is 16.3. The molecule has 0 fully saturated rings. The highest BCUT2D eigenvalue weighted by molar-refractivity contribution is 6.32. The smallest absolute Gasteiger partial charge is 0.274 e. The summed E-state index contributed by atoms with van der Waals surface area (Å²) in [6.07, 6.45) is 4.96. The number of halogens is 1. The summed E-state index contributed by atoms with van der Waals surface area (Å²) in [5, 5.41) is 11.8. The number of nitrogens with one attached hydrogen (secondary N) is 1. The molecule has 7 nitrogen and oxygen atoms in total. The number of hydrogen-bond donors (Lipinski definition) is 1. The number of aromatic nitrogens is 4. The van der Waals surface area contributed by atoms with E-state index in [9.17, 15) is 4.79 Å². The molecule has 0 saturated heterocycles. The maximum Gasteiger partial charge on any atom is 0.274 e. The van der Waals surface area contributed by atoms with Crippen LogP contribution in [-0.4, -0.2) is 25.5 Å². The average Bonchev–Trinajstić information content (AvgIpc) is 3.37. The van der Waals surface area contributed by atoms with E-state index >= 15 is 0 Å². The minimum absolute atomic E-state index is 0.0616. The Morgan fingerprint density at radius 2 is 2.00 bits per heavy atom. The van der Waals surface area contributed by atoms with Crippen LogP contribution in [0.15, 0.2) is 73.2 Å². The van der Waals surface area contributed by atoms with E-state index in [0.29, 0.717) is 28.7 Å². The van der Waals surface area contributed by atoms with Gasteiger partial charge in [-0.3, -0.25) is 9.48 Å². The molecule has 0 aliphatic heterocycles. The number of benzene rings is 2. The standard InChI is InChI=1S/C22H20ClN5O2/c1-16-5-4-6-17(11-16)13-27-14-18(12-25-27)26-22(29)20-9-10-24-28(20)15-30-21-8-3-2-7-19(21)23/h2-12,14H,13,15H2,1H3,(H,26,29). The van der Waals surface area contributed by atoms with Crippen molar-refractivity contribution >= 4 is 23.2 Å². The molecule has 0 radical (unpaired) electrons. The fourth-order valence-corrected chi connectivity index (χ4v) is 3.22. The first-order valence-corrected chi connectivity index (χ1v) is 9.75. The van der Waals surface area contributed by atoms with Gasteiger partial charge in [0.05, 0.1) is 23.5 Å². The van der Waals surface area contributed by atoms with Gasteiger partial charge in [-0.25, -0.2) is 4.68 Å². The number of amides is 1. The van der Waals surface area contributed by atoms with Gasteiger partial charge in [0.2, 0.25) is 0 Å². The predicted molar refractivity (Wildman–Crippen MR) is 115 cm³/mol. The van der Waals surface area contributed by atoms with Gasteiger partial charge in [-0.2, -0.15) is 10.2 Å². The monoisotopic (exact) mass is 421 g/mol. The van der Waals surface area contributed by atoms with Crippen LogP contribution in [0.2, 0.25) is 5.02 Å². The Labute approximate surface area is 178 Å². The van der Waals surface area contributed by atoms with Crippen LogP contribution in [0.5, 0.6) is 5.75 Å². The number of para-hydroxylation sites is 1. The molecule has 30 heavy (non-hydrogen) atoms. The molecule has 0 saturated carbocycles. The molecule has 2 heterocycles. The van der Waals surface area contributed by atoms with E-state index in [-0.39, 0.29) is 12.6 Å². The van der Waals surface area contributed by atoms with Gasteiger partial charge in [0.25, 0.3) is 5.91 Å². The van der Waals surface area contributed by atoms with Crippen molar-refractivity contribution in [3.63, 3.8) is 0 Å². The van der Waals surface area contributed by atoms with Crippen LogP contribution in [0.1, 0.15) is 21.6 Å². The van der Waals surface area contributed by atoms with Gasteiger partial charge in [-0.05, 0) is 30.7 Å². The fraction of sp³-hybridized carbons (Fsp3) is 0.136. The van der Waals surface area contributed by atoms with Gasteiger partial charge in [-0.1, -0.05) is 53.6 Å². The molecule has 8 heteroatoms. The minimum Gasteiger partial charge on any atom is -0.470 e. The van der Waals surface area contributed by atoms with Crippen LogP contribution in [0.25, 0.3) is 0 Å². The van der Waals surface area contributed by atoms with Crippen LogP contribution in [0.3, 0.4) is 0 Å². The molecule has 4 aromatic rings. The Morgan fingerprint density at radius 3 is 2.83 bits per heavy atom. The van der Waals surface area contributed by atoms with E-state index in [1.165, 1.54) is 10.2 Å². The first-order chi connectivity index (χ1) is 14.6. The second-order valence-corrected chi connectivity index (χ2v) is 7.20. The number of aryl methyl sites for hydroxylation is 1. The highest BCUT2D eigenvalue weighted by Crippen LogP contribution is 2.23. The summed E-state index contributed by atoms with van der Waals surface area (Å²) in [5.74, 6) is 0.226. The van der Waals surface area contributed by atoms with Crippen molar-refractivity contribution in [2.24, 2.45) is 0 Å². The summed E-state index contributed by atoms with van der Waals surface area (Å²) in [4.78, 5) is 12.7. The van der Waals surface area contributed by atoms with Crippen molar-refractivity contribution in [2.45, 2.75) is 20.2 Å². The summed E-state index contributed by atoms with van der Waals surface area (Å²) < 4.78 is 8.92. The number of anilines is 1. The van der Waals surface area contributed by atoms with Crippen LogP contribution in [-0.2, 0) is 13.3 Å². The fourth-order valence-electron chi connectivity index (χ4n) is 3.03. The Balaban J connectivity index is 1.40. The van der Waals surface area contributed by atoms with E-state index in [1.807, 2.05) is 24.3 Å². The maximum atomic E-state index is 12.7. The summed E-state index contributed by atoms with van der Waals surface area (Å²) in [6, 6.07) is 17.0. The third-order valence-electron chi connectivity index (χ3n) is 4.45. The van der Waals surface area contributed by atoms with E-state index in [2.05, 4.69) is 34.6 Å². The Morgan fingerprint density at radius 1 is 1.13 bits per heavy atom. The lowest BCUT2D eigenvalue weighted by molar-refractivity contribution is 0.100. The third kappa shape index (κ3) is 4.69. The molecule has 0 atom stereocenters. The normalized spacial score (nSPS) is 10.7. The quantitative estimate of drug-likeness (QED) is 0.480. The highest BCUT2D eigenvalue weighted by Gasteiger charge is 2.14. The van der Waals surface area contributed by atoms with Crippen LogP contribution < -0.4 is 10.1 Å². The number of nitrogens with zero attached hydrogens (tertiary/aromatic N) is 4. The van der Waals surface area contributed by atoms with E-state index in [0.717, 1.165) is 5.56 Å². The summed E-state index contributed by atoms with van der Waals surface area (Å²) >= 11 is 6.10. The largest absolute Gasteiger partial charge is 0.470 e.